The number of rotatable bonds is 1. The molecule has 2 atom stereocenters. The van der Waals surface area contributed by atoms with Gasteiger partial charge < -0.3 is 9.64 Å². The van der Waals surface area contributed by atoms with Crippen LogP contribution in [0.15, 0.2) is 12.5 Å². The predicted molar refractivity (Wildman–Crippen MR) is 64.9 cm³/mol. The number of morpholine rings is 1. The van der Waals surface area contributed by atoms with Crippen LogP contribution >= 0.6 is 22.6 Å². The van der Waals surface area contributed by atoms with E-state index in [4.69, 9.17) is 4.74 Å². The molecule has 2 aliphatic heterocycles. The van der Waals surface area contributed by atoms with E-state index >= 15 is 0 Å². The van der Waals surface area contributed by atoms with E-state index in [0.29, 0.717) is 12.2 Å². The van der Waals surface area contributed by atoms with Crippen LogP contribution < -0.4 is 4.90 Å². The zero-order valence-electron chi connectivity index (χ0n) is 8.27. The van der Waals surface area contributed by atoms with Gasteiger partial charge >= 0.3 is 0 Å². The Labute approximate surface area is 102 Å². The highest BCUT2D eigenvalue weighted by molar-refractivity contribution is 14.1. The Bertz CT molecular complexity index is 361. The molecule has 3 rings (SSSR count). The van der Waals surface area contributed by atoms with Crippen LogP contribution in [0.4, 0.5) is 5.82 Å². The van der Waals surface area contributed by atoms with Crippen molar-refractivity contribution >= 4 is 28.4 Å². The SMILES string of the molecule is Ic1cncnc1N1CC2CCC(C1)O2. The summed E-state index contributed by atoms with van der Waals surface area (Å²) < 4.78 is 6.92. The van der Waals surface area contributed by atoms with Gasteiger partial charge in [-0.15, -0.1) is 0 Å². The molecule has 0 aromatic carbocycles. The van der Waals surface area contributed by atoms with Gasteiger partial charge in [0.2, 0.25) is 0 Å². The van der Waals surface area contributed by atoms with Crippen LogP contribution in [0.5, 0.6) is 0 Å². The second-order valence-electron chi connectivity index (χ2n) is 4.06. The van der Waals surface area contributed by atoms with Crippen molar-refractivity contribution in [1.29, 1.82) is 0 Å². The van der Waals surface area contributed by atoms with Crippen molar-refractivity contribution in [2.24, 2.45) is 0 Å². The highest BCUT2D eigenvalue weighted by Gasteiger charge is 2.34. The van der Waals surface area contributed by atoms with Gasteiger partial charge in [-0.1, -0.05) is 0 Å². The number of fused-ring (bicyclic) bond motifs is 2. The van der Waals surface area contributed by atoms with Crippen molar-refractivity contribution in [3.63, 3.8) is 0 Å². The molecular weight excluding hydrogens is 305 g/mol. The molecule has 80 valence electrons. The zero-order valence-corrected chi connectivity index (χ0v) is 10.4. The molecule has 5 heteroatoms. The molecule has 0 radical (unpaired) electrons. The first-order valence-electron chi connectivity index (χ1n) is 5.19. The molecule has 0 amide bonds. The monoisotopic (exact) mass is 317 g/mol. The molecule has 0 aliphatic carbocycles. The fraction of sp³-hybridized carbons (Fsp3) is 0.600. The normalized spacial score (nSPS) is 29.5. The lowest BCUT2D eigenvalue weighted by atomic mass is 10.2. The molecule has 15 heavy (non-hydrogen) atoms. The summed E-state index contributed by atoms with van der Waals surface area (Å²) in [6, 6.07) is 0. The van der Waals surface area contributed by atoms with E-state index in [1.54, 1.807) is 6.33 Å². The summed E-state index contributed by atoms with van der Waals surface area (Å²) >= 11 is 2.29. The average molecular weight is 317 g/mol. The third kappa shape index (κ3) is 1.82. The van der Waals surface area contributed by atoms with Gasteiger partial charge in [0.15, 0.2) is 0 Å². The number of halogens is 1. The largest absolute Gasteiger partial charge is 0.371 e. The maximum atomic E-state index is 5.80. The number of anilines is 1. The number of hydrogen-bond donors (Lipinski definition) is 0. The van der Waals surface area contributed by atoms with Crippen molar-refractivity contribution in [3.05, 3.63) is 16.1 Å². The summed E-state index contributed by atoms with van der Waals surface area (Å²) in [5.74, 6) is 1.06. The second-order valence-corrected chi connectivity index (χ2v) is 5.22. The molecule has 2 aliphatic rings. The van der Waals surface area contributed by atoms with Gasteiger partial charge in [-0.3, -0.25) is 0 Å². The van der Waals surface area contributed by atoms with Crippen LogP contribution in [0, 0.1) is 3.57 Å². The maximum absolute atomic E-state index is 5.80. The van der Waals surface area contributed by atoms with Crippen LogP contribution in [0.3, 0.4) is 0 Å². The molecule has 0 spiro atoms. The molecule has 2 unspecified atom stereocenters. The minimum atomic E-state index is 0.412. The van der Waals surface area contributed by atoms with Crippen LogP contribution in [-0.4, -0.2) is 35.3 Å². The van der Waals surface area contributed by atoms with Gasteiger partial charge in [0.05, 0.1) is 15.8 Å². The molecule has 2 saturated heterocycles. The molecule has 2 bridgehead atoms. The number of ether oxygens (including phenoxy) is 1. The molecule has 2 fully saturated rings. The van der Waals surface area contributed by atoms with Gasteiger partial charge in [-0.2, -0.15) is 0 Å². The first kappa shape index (κ1) is 9.77. The number of aromatic nitrogens is 2. The number of hydrogen-bond acceptors (Lipinski definition) is 4. The Morgan fingerprint density at radius 3 is 2.73 bits per heavy atom. The highest BCUT2D eigenvalue weighted by atomic mass is 127. The minimum Gasteiger partial charge on any atom is -0.371 e. The fourth-order valence-electron chi connectivity index (χ4n) is 2.33. The lowest BCUT2D eigenvalue weighted by Crippen LogP contribution is -2.43. The third-order valence-corrected chi connectivity index (χ3v) is 3.75. The van der Waals surface area contributed by atoms with E-state index in [1.165, 1.54) is 12.8 Å². The molecule has 3 heterocycles. The smallest absolute Gasteiger partial charge is 0.145 e. The molecule has 1 aromatic heterocycles. The first-order chi connectivity index (χ1) is 7.33. The van der Waals surface area contributed by atoms with E-state index in [2.05, 4.69) is 37.5 Å². The Morgan fingerprint density at radius 2 is 2.07 bits per heavy atom. The molecule has 0 saturated carbocycles. The minimum absolute atomic E-state index is 0.412. The van der Waals surface area contributed by atoms with Gasteiger partial charge in [0, 0.05) is 19.3 Å². The van der Waals surface area contributed by atoms with Gasteiger partial charge in [-0.25, -0.2) is 9.97 Å². The lowest BCUT2D eigenvalue weighted by molar-refractivity contribution is 0.0301. The average Bonchev–Trinajstić information content (AvgIpc) is 2.58. The molecule has 0 N–H and O–H groups in total. The van der Waals surface area contributed by atoms with Gasteiger partial charge in [0.1, 0.15) is 12.1 Å². The summed E-state index contributed by atoms with van der Waals surface area (Å²) in [6.07, 6.45) is 6.70. The summed E-state index contributed by atoms with van der Waals surface area (Å²) in [7, 11) is 0. The summed E-state index contributed by atoms with van der Waals surface area (Å²) in [5, 5.41) is 0. The molecule has 4 nitrogen and oxygen atoms in total. The van der Waals surface area contributed by atoms with Crippen molar-refractivity contribution < 1.29 is 4.74 Å². The van der Waals surface area contributed by atoms with Crippen LogP contribution in [0.1, 0.15) is 12.8 Å². The standard InChI is InChI=1S/C10H12IN3O/c11-9-3-12-6-13-10(9)14-4-7-1-2-8(5-14)15-7/h3,6-8H,1-2,4-5H2. The number of nitrogens with zero attached hydrogens (tertiary/aromatic N) is 3. The topological polar surface area (TPSA) is 38.2 Å². The van der Waals surface area contributed by atoms with Crippen molar-refractivity contribution in [3.8, 4) is 0 Å². The van der Waals surface area contributed by atoms with E-state index in [1.807, 2.05) is 6.20 Å². The zero-order chi connectivity index (χ0) is 10.3. The van der Waals surface area contributed by atoms with E-state index in [9.17, 15) is 0 Å². The second kappa shape index (κ2) is 3.86. The Hall–Kier alpha value is -0.430. The summed E-state index contributed by atoms with van der Waals surface area (Å²) in [5.41, 5.74) is 0. The lowest BCUT2D eigenvalue weighted by Gasteiger charge is -2.33. The molecule has 1 aromatic rings. The first-order valence-corrected chi connectivity index (χ1v) is 6.27. The van der Waals surface area contributed by atoms with E-state index < -0.39 is 0 Å². The van der Waals surface area contributed by atoms with Crippen molar-refractivity contribution in [2.75, 3.05) is 18.0 Å². The summed E-state index contributed by atoms with van der Waals surface area (Å²) in [6.45, 7) is 1.95. The fourth-order valence-corrected chi connectivity index (χ4v) is 2.97. The van der Waals surface area contributed by atoms with Gasteiger partial charge in [0.25, 0.3) is 0 Å². The maximum Gasteiger partial charge on any atom is 0.145 e. The highest BCUT2D eigenvalue weighted by Crippen LogP contribution is 2.30. The Morgan fingerprint density at radius 1 is 1.33 bits per heavy atom. The van der Waals surface area contributed by atoms with E-state index in [0.717, 1.165) is 22.5 Å². The van der Waals surface area contributed by atoms with Crippen molar-refractivity contribution in [1.82, 2.24) is 9.97 Å². The van der Waals surface area contributed by atoms with Crippen LogP contribution in [0.2, 0.25) is 0 Å². The third-order valence-electron chi connectivity index (χ3n) is 2.99. The van der Waals surface area contributed by atoms with Crippen LogP contribution in [0.25, 0.3) is 0 Å². The van der Waals surface area contributed by atoms with E-state index in [-0.39, 0.29) is 0 Å². The summed E-state index contributed by atoms with van der Waals surface area (Å²) in [4.78, 5) is 10.7. The van der Waals surface area contributed by atoms with Gasteiger partial charge in [-0.05, 0) is 35.4 Å². The molecular formula is C10H12IN3O. The quantitative estimate of drug-likeness (QED) is 0.735. The van der Waals surface area contributed by atoms with Crippen LogP contribution in [-0.2, 0) is 4.74 Å². The Balaban J connectivity index is 1.86. The Kier molecular flexibility index (Phi) is 2.51. The predicted octanol–water partition coefficient (Wildman–Crippen LogP) is 1.45. The van der Waals surface area contributed by atoms with Crippen molar-refractivity contribution in [2.45, 2.75) is 25.0 Å².